The topological polar surface area (TPSA) is 63.6 Å². The minimum Gasteiger partial charge on any atom is -0.481 e. The Bertz CT molecular complexity index is 576. The second kappa shape index (κ2) is 35.4. The SMILES string of the molecule is CCCCCCCCCCCCCCCCCCCCCC(=O)OC(CCCCCCCCCCCC)CCCC(=O)O. The summed E-state index contributed by atoms with van der Waals surface area (Å²) in [6, 6.07) is 0. The highest BCUT2D eigenvalue weighted by Gasteiger charge is 2.15. The summed E-state index contributed by atoms with van der Waals surface area (Å²) in [6.45, 7) is 4.55. The van der Waals surface area contributed by atoms with Gasteiger partial charge in [-0.15, -0.1) is 0 Å². The minimum absolute atomic E-state index is 0.0839. The molecule has 1 atom stereocenters. The van der Waals surface area contributed by atoms with Crippen molar-refractivity contribution in [1.29, 1.82) is 0 Å². The monoisotopic (exact) mass is 609 g/mol. The van der Waals surface area contributed by atoms with E-state index in [1.165, 1.54) is 167 Å². The zero-order valence-corrected chi connectivity index (χ0v) is 29.3. The van der Waals surface area contributed by atoms with Crippen molar-refractivity contribution in [2.75, 3.05) is 0 Å². The Kier molecular flexibility index (Phi) is 34.5. The van der Waals surface area contributed by atoms with E-state index in [-0.39, 0.29) is 18.5 Å². The van der Waals surface area contributed by atoms with E-state index in [1.54, 1.807) is 0 Å². The fourth-order valence-electron chi connectivity index (χ4n) is 6.20. The van der Waals surface area contributed by atoms with Gasteiger partial charge in [-0.1, -0.05) is 187 Å². The van der Waals surface area contributed by atoms with E-state index in [2.05, 4.69) is 13.8 Å². The fourth-order valence-corrected chi connectivity index (χ4v) is 6.20. The fraction of sp³-hybridized carbons (Fsp3) is 0.949. The van der Waals surface area contributed by atoms with Crippen LogP contribution in [0.3, 0.4) is 0 Å². The van der Waals surface area contributed by atoms with Gasteiger partial charge in [0.05, 0.1) is 0 Å². The molecule has 0 aliphatic heterocycles. The zero-order chi connectivity index (χ0) is 31.5. The largest absolute Gasteiger partial charge is 0.481 e. The van der Waals surface area contributed by atoms with Gasteiger partial charge in [-0.2, -0.15) is 0 Å². The molecule has 0 aliphatic carbocycles. The van der Waals surface area contributed by atoms with Crippen LogP contribution < -0.4 is 0 Å². The second-order valence-corrected chi connectivity index (χ2v) is 13.5. The third kappa shape index (κ3) is 35.3. The molecular weight excluding hydrogens is 532 g/mol. The molecule has 4 heteroatoms. The van der Waals surface area contributed by atoms with Crippen molar-refractivity contribution >= 4 is 11.9 Å². The van der Waals surface area contributed by atoms with Gasteiger partial charge >= 0.3 is 11.9 Å². The number of carbonyl (C=O) groups is 2. The highest BCUT2D eigenvalue weighted by molar-refractivity contribution is 5.69. The number of carboxylic acids is 1. The third-order valence-corrected chi connectivity index (χ3v) is 9.08. The minimum atomic E-state index is -0.766. The first kappa shape index (κ1) is 41.9. The maximum Gasteiger partial charge on any atom is 0.306 e. The van der Waals surface area contributed by atoms with Crippen LogP contribution >= 0.6 is 0 Å². The number of hydrogen-bond acceptors (Lipinski definition) is 3. The summed E-state index contributed by atoms with van der Waals surface area (Å²) in [7, 11) is 0. The van der Waals surface area contributed by atoms with E-state index >= 15 is 0 Å². The van der Waals surface area contributed by atoms with Crippen molar-refractivity contribution in [3.63, 3.8) is 0 Å². The van der Waals surface area contributed by atoms with Crippen LogP contribution in [0.25, 0.3) is 0 Å². The van der Waals surface area contributed by atoms with E-state index in [9.17, 15) is 9.59 Å². The van der Waals surface area contributed by atoms with E-state index < -0.39 is 5.97 Å². The van der Waals surface area contributed by atoms with Crippen molar-refractivity contribution in [1.82, 2.24) is 0 Å². The van der Waals surface area contributed by atoms with Crippen molar-refractivity contribution in [2.45, 2.75) is 238 Å². The number of carboxylic acid groups (broad SMARTS) is 1. The van der Waals surface area contributed by atoms with Crippen LogP contribution in [0.15, 0.2) is 0 Å². The van der Waals surface area contributed by atoms with Crippen LogP contribution in [0.4, 0.5) is 0 Å². The summed E-state index contributed by atoms with van der Waals surface area (Å²) in [5, 5.41) is 8.99. The van der Waals surface area contributed by atoms with Gasteiger partial charge in [-0.25, -0.2) is 0 Å². The molecule has 1 unspecified atom stereocenters. The molecule has 0 saturated carbocycles. The number of carbonyl (C=O) groups excluding carboxylic acids is 1. The summed E-state index contributed by atoms with van der Waals surface area (Å²) < 4.78 is 5.82. The molecule has 256 valence electrons. The average Bonchev–Trinajstić information content (AvgIpc) is 2.99. The van der Waals surface area contributed by atoms with E-state index in [0.29, 0.717) is 19.3 Å². The summed E-state index contributed by atoms with van der Waals surface area (Å²) in [6.07, 6.45) is 41.2. The number of esters is 1. The van der Waals surface area contributed by atoms with Crippen molar-refractivity contribution in [3.05, 3.63) is 0 Å². The van der Waals surface area contributed by atoms with E-state index in [0.717, 1.165) is 25.7 Å². The van der Waals surface area contributed by atoms with Gasteiger partial charge in [0, 0.05) is 12.8 Å². The first-order valence-corrected chi connectivity index (χ1v) is 19.5. The molecule has 0 rings (SSSR count). The number of unbranched alkanes of at least 4 members (excludes halogenated alkanes) is 27. The highest BCUT2D eigenvalue weighted by atomic mass is 16.5. The summed E-state index contributed by atoms with van der Waals surface area (Å²) in [5.41, 5.74) is 0. The molecule has 0 fully saturated rings. The summed E-state index contributed by atoms with van der Waals surface area (Å²) >= 11 is 0. The van der Waals surface area contributed by atoms with E-state index in [1.807, 2.05) is 0 Å². The lowest BCUT2D eigenvalue weighted by atomic mass is 10.0. The van der Waals surface area contributed by atoms with Crippen LogP contribution in [-0.2, 0) is 14.3 Å². The van der Waals surface area contributed by atoms with Gasteiger partial charge in [0.15, 0.2) is 0 Å². The Labute approximate surface area is 269 Å². The number of aliphatic carboxylic acids is 1. The van der Waals surface area contributed by atoms with Crippen LogP contribution in [-0.4, -0.2) is 23.1 Å². The van der Waals surface area contributed by atoms with Gasteiger partial charge in [0.25, 0.3) is 0 Å². The van der Waals surface area contributed by atoms with Crippen LogP contribution in [0.5, 0.6) is 0 Å². The maximum atomic E-state index is 12.5. The Morgan fingerprint density at radius 3 is 1.07 bits per heavy atom. The number of hydrogen-bond donors (Lipinski definition) is 1. The summed E-state index contributed by atoms with van der Waals surface area (Å²) in [4.78, 5) is 23.4. The third-order valence-electron chi connectivity index (χ3n) is 9.08. The molecule has 0 amide bonds. The quantitative estimate of drug-likeness (QED) is 0.0567. The lowest BCUT2D eigenvalue weighted by Crippen LogP contribution is -2.18. The number of rotatable bonds is 36. The lowest BCUT2D eigenvalue weighted by Gasteiger charge is -2.18. The molecule has 0 heterocycles. The molecule has 0 aliphatic rings. The molecule has 0 aromatic carbocycles. The standard InChI is InChI=1S/C39H76O4/c1-3-5-7-9-11-13-15-16-17-18-19-20-21-22-23-25-27-29-31-36-39(42)43-37(34-32-35-38(40)41)33-30-28-26-24-14-12-10-8-6-4-2/h37H,3-36H2,1-2H3,(H,40,41). The Balaban J connectivity index is 3.68. The summed E-state index contributed by atoms with van der Waals surface area (Å²) in [5.74, 6) is -0.850. The molecule has 0 bridgehead atoms. The Hall–Kier alpha value is -1.06. The molecule has 0 saturated heterocycles. The van der Waals surface area contributed by atoms with Crippen molar-refractivity contribution < 1.29 is 19.4 Å². The zero-order valence-electron chi connectivity index (χ0n) is 29.3. The molecule has 0 aromatic heterocycles. The van der Waals surface area contributed by atoms with Crippen LogP contribution in [0.1, 0.15) is 232 Å². The highest BCUT2D eigenvalue weighted by Crippen LogP contribution is 2.18. The Morgan fingerprint density at radius 2 is 0.721 bits per heavy atom. The van der Waals surface area contributed by atoms with E-state index in [4.69, 9.17) is 9.84 Å². The molecule has 43 heavy (non-hydrogen) atoms. The predicted molar refractivity (Wildman–Crippen MR) is 186 cm³/mol. The van der Waals surface area contributed by atoms with Gasteiger partial charge in [0.2, 0.25) is 0 Å². The van der Waals surface area contributed by atoms with Gasteiger partial charge in [-0.3, -0.25) is 9.59 Å². The maximum absolute atomic E-state index is 12.5. The molecular formula is C39H76O4. The first-order valence-electron chi connectivity index (χ1n) is 19.5. The van der Waals surface area contributed by atoms with Gasteiger partial charge in [0.1, 0.15) is 6.10 Å². The lowest BCUT2D eigenvalue weighted by molar-refractivity contribution is -0.150. The number of ether oxygens (including phenoxy) is 1. The predicted octanol–water partition coefficient (Wildman–Crippen LogP) is 13.3. The van der Waals surface area contributed by atoms with Crippen molar-refractivity contribution in [3.8, 4) is 0 Å². The normalized spacial score (nSPS) is 12.0. The van der Waals surface area contributed by atoms with Crippen molar-refractivity contribution in [2.24, 2.45) is 0 Å². The van der Waals surface area contributed by atoms with Crippen LogP contribution in [0.2, 0.25) is 0 Å². The molecule has 4 nitrogen and oxygen atoms in total. The van der Waals surface area contributed by atoms with Crippen LogP contribution in [0, 0.1) is 0 Å². The average molecular weight is 609 g/mol. The van der Waals surface area contributed by atoms with Gasteiger partial charge in [-0.05, 0) is 32.1 Å². The first-order chi connectivity index (χ1) is 21.1. The van der Waals surface area contributed by atoms with Gasteiger partial charge < -0.3 is 9.84 Å². The molecule has 0 spiro atoms. The molecule has 1 N–H and O–H groups in total. The molecule has 0 aromatic rings. The smallest absolute Gasteiger partial charge is 0.306 e. The second-order valence-electron chi connectivity index (χ2n) is 13.5. The molecule has 0 radical (unpaired) electrons. The Morgan fingerprint density at radius 1 is 0.419 bits per heavy atom.